The minimum atomic E-state index is -0.622. The van der Waals surface area contributed by atoms with Crippen LogP contribution in [0.4, 0.5) is 0 Å². The van der Waals surface area contributed by atoms with Crippen LogP contribution in [0.1, 0.15) is 29.2 Å². The van der Waals surface area contributed by atoms with E-state index in [4.69, 9.17) is 0 Å². The smallest absolute Gasteiger partial charge is 0.0802 e. The van der Waals surface area contributed by atoms with Gasteiger partial charge in [0.15, 0.2) is 0 Å². The number of aliphatic hydroxyl groups is 1. The Labute approximate surface area is 118 Å². The van der Waals surface area contributed by atoms with Crippen molar-refractivity contribution in [3.8, 4) is 0 Å². The van der Waals surface area contributed by atoms with Crippen molar-refractivity contribution in [2.75, 3.05) is 31.1 Å². The predicted molar refractivity (Wildman–Crippen MR) is 79.8 cm³/mol. The van der Waals surface area contributed by atoms with Crippen LogP contribution in [0.15, 0.2) is 18.2 Å². The molecule has 0 aromatic heterocycles. The quantitative estimate of drug-likeness (QED) is 0.915. The molecule has 1 aromatic rings. The van der Waals surface area contributed by atoms with Gasteiger partial charge >= 0.3 is 0 Å². The molecule has 0 radical (unpaired) electrons. The number of hydrogen-bond donors (Lipinski definition) is 1. The zero-order chi connectivity index (χ0) is 13.8. The highest BCUT2D eigenvalue weighted by molar-refractivity contribution is 7.85. The number of aliphatic hydroxyl groups excluding tert-OH is 1. The van der Waals surface area contributed by atoms with Crippen LogP contribution in [-0.4, -0.2) is 45.4 Å². The molecule has 1 atom stereocenters. The SMILES string of the molecule is Cc1cc(C)cc(C(O)CCN2CCS(=O)CC2)c1. The van der Waals surface area contributed by atoms with Crippen molar-refractivity contribution in [1.29, 1.82) is 0 Å². The van der Waals surface area contributed by atoms with Gasteiger partial charge in [-0.15, -0.1) is 0 Å². The van der Waals surface area contributed by atoms with Crippen molar-refractivity contribution in [1.82, 2.24) is 4.90 Å². The Bertz CT molecular complexity index is 431. The number of aryl methyl sites for hydroxylation is 2. The van der Waals surface area contributed by atoms with Crippen LogP contribution in [0.25, 0.3) is 0 Å². The standard InChI is InChI=1S/C15H23NO2S/c1-12-9-13(2)11-14(10-12)15(17)3-4-16-5-7-19(18)8-6-16/h9-11,15,17H,3-8H2,1-2H3. The van der Waals surface area contributed by atoms with E-state index in [9.17, 15) is 9.32 Å². The molecule has 1 aliphatic rings. The molecule has 4 heteroatoms. The van der Waals surface area contributed by atoms with Gasteiger partial charge in [-0.25, -0.2) is 0 Å². The van der Waals surface area contributed by atoms with E-state index >= 15 is 0 Å². The fraction of sp³-hybridized carbons (Fsp3) is 0.600. The molecule has 0 amide bonds. The Kier molecular flexibility index (Phi) is 5.13. The molecule has 106 valence electrons. The van der Waals surface area contributed by atoms with Gasteiger partial charge in [-0.3, -0.25) is 4.21 Å². The molecule has 1 fully saturated rings. The largest absolute Gasteiger partial charge is 0.388 e. The average Bonchev–Trinajstić information content (AvgIpc) is 2.36. The zero-order valence-corrected chi connectivity index (χ0v) is 12.6. The fourth-order valence-electron chi connectivity index (χ4n) is 2.57. The molecular formula is C15H23NO2S. The summed E-state index contributed by atoms with van der Waals surface area (Å²) >= 11 is 0. The summed E-state index contributed by atoms with van der Waals surface area (Å²) in [7, 11) is -0.622. The van der Waals surface area contributed by atoms with E-state index in [0.29, 0.717) is 0 Å². The van der Waals surface area contributed by atoms with Gasteiger partial charge in [-0.2, -0.15) is 0 Å². The van der Waals surface area contributed by atoms with Crippen molar-refractivity contribution < 1.29 is 9.32 Å². The Balaban J connectivity index is 1.86. The maximum atomic E-state index is 11.3. The van der Waals surface area contributed by atoms with Gasteiger partial charge in [0.05, 0.1) is 6.10 Å². The highest BCUT2D eigenvalue weighted by Crippen LogP contribution is 2.20. The molecule has 2 rings (SSSR count). The number of benzene rings is 1. The molecule has 1 unspecified atom stereocenters. The van der Waals surface area contributed by atoms with E-state index in [1.54, 1.807) is 0 Å². The summed E-state index contributed by atoms with van der Waals surface area (Å²) in [5.41, 5.74) is 3.41. The van der Waals surface area contributed by atoms with Gasteiger partial charge in [-0.1, -0.05) is 29.3 Å². The Morgan fingerprint density at radius 1 is 1.21 bits per heavy atom. The molecule has 0 bridgehead atoms. The van der Waals surface area contributed by atoms with Crippen LogP contribution in [0, 0.1) is 13.8 Å². The van der Waals surface area contributed by atoms with Gasteiger partial charge in [0.1, 0.15) is 0 Å². The predicted octanol–water partition coefficient (Wildman–Crippen LogP) is 1.79. The number of rotatable bonds is 4. The van der Waals surface area contributed by atoms with E-state index in [0.717, 1.165) is 43.1 Å². The van der Waals surface area contributed by atoms with Crippen molar-refractivity contribution >= 4 is 10.8 Å². The lowest BCUT2D eigenvalue weighted by Gasteiger charge is -2.27. The Morgan fingerprint density at radius 3 is 2.37 bits per heavy atom. The third-order valence-corrected chi connectivity index (χ3v) is 4.89. The fourth-order valence-corrected chi connectivity index (χ4v) is 3.70. The van der Waals surface area contributed by atoms with Crippen molar-refractivity contribution in [3.05, 3.63) is 34.9 Å². The molecule has 0 saturated carbocycles. The van der Waals surface area contributed by atoms with Crippen molar-refractivity contribution in [2.24, 2.45) is 0 Å². The first kappa shape index (κ1) is 14.7. The van der Waals surface area contributed by atoms with Gasteiger partial charge in [-0.05, 0) is 25.8 Å². The van der Waals surface area contributed by atoms with Crippen molar-refractivity contribution in [3.63, 3.8) is 0 Å². The normalized spacial score (nSPS) is 19.5. The molecule has 0 aliphatic carbocycles. The van der Waals surface area contributed by atoms with Crippen LogP contribution in [-0.2, 0) is 10.8 Å². The first-order valence-electron chi connectivity index (χ1n) is 6.88. The summed E-state index contributed by atoms with van der Waals surface area (Å²) in [5.74, 6) is 1.55. The second-order valence-corrected chi connectivity index (χ2v) is 7.11. The molecule has 1 heterocycles. The van der Waals surface area contributed by atoms with Gasteiger partial charge in [0.2, 0.25) is 0 Å². The monoisotopic (exact) mass is 281 g/mol. The van der Waals surface area contributed by atoms with Crippen LogP contribution in [0.5, 0.6) is 0 Å². The minimum absolute atomic E-state index is 0.397. The van der Waals surface area contributed by atoms with E-state index in [1.807, 2.05) is 0 Å². The van der Waals surface area contributed by atoms with E-state index in [2.05, 4.69) is 36.9 Å². The van der Waals surface area contributed by atoms with Gasteiger partial charge in [0.25, 0.3) is 0 Å². The molecule has 1 aliphatic heterocycles. The summed E-state index contributed by atoms with van der Waals surface area (Å²) in [5, 5.41) is 10.3. The Hall–Kier alpha value is -0.710. The molecule has 1 N–H and O–H groups in total. The topological polar surface area (TPSA) is 40.5 Å². The molecule has 1 aromatic carbocycles. The van der Waals surface area contributed by atoms with Crippen LogP contribution in [0.2, 0.25) is 0 Å². The molecular weight excluding hydrogens is 258 g/mol. The average molecular weight is 281 g/mol. The minimum Gasteiger partial charge on any atom is -0.388 e. The van der Waals surface area contributed by atoms with Crippen LogP contribution < -0.4 is 0 Å². The third kappa shape index (κ3) is 4.41. The third-order valence-electron chi connectivity index (χ3n) is 3.62. The summed E-state index contributed by atoms with van der Waals surface area (Å²) in [6, 6.07) is 6.24. The number of hydrogen-bond acceptors (Lipinski definition) is 3. The van der Waals surface area contributed by atoms with Gasteiger partial charge in [0, 0.05) is 41.9 Å². The molecule has 0 spiro atoms. The molecule has 1 saturated heterocycles. The maximum Gasteiger partial charge on any atom is 0.0802 e. The van der Waals surface area contributed by atoms with Crippen LogP contribution >= 0.6 is 0 Å². The van der Waals surface area contributed by atoms with E-state index < -0.39 is 16.9 Å². The van der Waals surface area contributed by atoms with Crippen LogP contribution in [0.3, 0.4) is 0 Å². The summed E-state index contributed by atoms with van der Waals surface area (Å²) in [4.78, 5) is 2.30. The summed E-state index contributed by atoms with van der Waals surface area (Å²) in [6.45, 7) is 6.79. The lowest BCUT2D eigenvalue weighted by Crippen LogP contribution is -2.38. The second-order valence-electron chi connectivity index (χ2n) is 5.42. The maximum absolute atomic E-state index is 11.3. The van der Waals surface area contributed by atoms with Gasteiger partial charge < -0.3 is 10.0 Å². The first-order valence-corrected chi connectivity index (χ1v) is 8.37. The first-order chi connectivity index (χ1) is 9.04. The van der Waals surface area contributed by atoms with E-state index in [1.165, 1.54) is 11.1 Å². The zero-order valence-electron chi connectivity index (χ0n) is 11.8. The lowest BCUT2D eigenvalue weighted by molar-refractivity contribution is 0.145. The van der Waals surface area contributed by atoms with Crippen molar-refractivity contribution in [2.45, 2.75) is 26.4 Å². The summed E-state index contributed by atoms with van der Waals surface area (Å²) in [6.07, 6.45) is 0.348. The van der Waals surface area contributed by atoms with E-state index in [-0.39, 0.29) is 0 Å². The summed E-state index contributed by atoms with van der Waals surface area (Å²) < 4.78 is 11.3. The highest BCUT2D eigenvalue weighted by atomic mass is 32.2. The molecule has 3 nitrogen and oxygen atoms in total. The number of nitrogens with zero attached hydrogens (tertiary/aromatic N) is 1. The highest BCUT2D eigenvalue weighted by Gasteiger charge is 2.16. The lowest BCUT2D eigenvalue weighted by atomic mass is 10.0. The molecule has 19 heavy (non-hydrogen) atoms. The Morgan fingerprint density at radius 2 is 1.79 bits per heavy atom. The second kappa shape index (κ2) is 6.64.